The lowest BCUT2D eigenvalue weighted by Crippen LogP contribution is -2.12. The summed E-state index contributed by atoms with van der Waals surface area (Å²) in [6.45, 7) is 0.470. The lowest BCUT2D eigenvalue weighted by atomic mass is 10.2. The Morgan fingerprint density at radius 3 is 2.43 bits per heavy atom. The van der Waals surface area contributed by atoms with Crippen LogP contribution < -0.4 is 10.1 Å². The van der Waals surface area contributed by atoms with Crippen LogP contribution in [0.1, 0.15) is 21.9 Å². The highest BCUT2D eigenvalue weighted by Crippen LogP contribution is 2.16. The van der Waals surface area contributed by atoms with Crippen molar-refractivity contribution in [3.05, 3.63) is 95.7 Å². The molecular weight excluding hydrogens is 394 g/mol. The minimum absolute atomic E-state index is 0.0718. The summed E-state index contributed by atoms with van der Waals surface area (Å²) in [7, 11) is 0. The van der Waals surface area contributed by atoms with E-state index in [1.54, 1.807) is 18.2 Å². The van der Waals surface area contributed by atoms with Crippen LogP contribution in [0, 0.1) is 11.6 Å². The highest BCUT2D eigenvalue weighted by molar-refractivity contribution is 6.01. The Bertz CT molecular complexity index is 1140. The number of rotatable bonds is 7. The molecule has 152 valence electrons. The Morgan fingerprint density at radius 2 is 1.70 bits per heavy atom. The van der Waals surface area contributed by atoms with Gasteiger partial charge in [0, 0.05) is 0 Å². The molecule has 0 bridgehead atoms. The van der Waals surface area contributed by atoms with Crippen LogP contribution in [-0.4, -0.2) is 20.7 Å². The molecule has 0 spiro atoms. The maximum absolute atomic E-state index is 13.0. The number of hydrogen-bond donors (Lipinski definition) is 1. The third kappa shape index (κ3) is 4.88. The number of aromatic nitrogens is 3. The first-order valence-electron chi connectivity index (χ1n) is 8.97. The van der Waals surface area contributed by atoms with E-state index in [-0.39, 0.29) is 29.9 Å². The second-order valence-electron chi connectivity index (χ2n) is 6.35. The molecule has 0 atom stereocenters. The molecule has 0 aliphatic heterocycles. The molecule has 2 heterocycles. The Morgan fingerprint density at radius 1 is 1.00 bits per heavy atom. The second kappa shape index (κ2) is 8.56. The summed E-state index contributed by atoms with van der Waals surface area (Å²) in [6, 6.07) is 14.7. The average molecular weight is 410 g/mol. The summed E-state index contributed by atoms with van der Waals surface area (Å²) < 4.78 is 38.3. The smallest absolute Gasteiger partial charge is 0.293 e. The zero-order valence-electron chi connectivity index (χ0n) is 15.6. The Balaban J connectivity index is 1.32. The molecule has 0 aliphatic rings. The summed E-state index contributed by atoms with van der Waals surface area (Å²) in [5.74, 6) is -0.0825. The van der Waals surface area contributed by atoms with Gasteiger partial charge in [0.05, 0.1) is 6.54 Å². The zero-order valence-corrected chi connectivity index (χ0v) is 15.6. The number of halogens is 2. The molecule has 2 aromatic carbocycles. The van der Waals surface area contributed by atoms with Crippen molar-refractivity contribution < 1.29 is 22.7 Å². The molecule has 2 aromatic heterocycles. The number of carbonyl (C=O) groups is 1. The van der Waals surface area contributed by atoms with Gasteiger partial charge in [-0.25, -0.2) is 18.4 Å². The molecule has 0 saturated heterocycles. The monoisotopic (exact) mass is 410 g/mol. The van der Waals surface area contributed by atoms with E-state index in [4.69, 9.17) is 9.15 Å². The molecule has 0 fully saturated rings. The van der Waals surface area contributed by atoms with E-state index >= 15 is 0 Å². The van der Waals surface area contributed by atoms with Crippen LogP contribution in [-0.2, 0) is 13.2 Å². The maximum atomic E-state index is 13.0. The highest BCUT2D eigenvalue weighted by atomic mass is 19.1. The SMILES string of the molecule is O=C(Nc1ncn(Cc2ccc(F)cc2)n1)c1ccc(COc2ccc(F)cc2)o1. The molecule has 9 heteroatoms. The first-order valence-corrected chi connectivity index (χ1v) is 8.97. The van der Waals surface area contributed by atoms with Crippen LogP contribution >= 0.6 is 0 Å². The molecule has 0 saturated carbocycles. The van der Waals surface area contributed by atoms with Gasteiger partial charge in [-0.3, -0.25) is 10.1 Å². The summed E-state index contributed by atoms with van der Waals surface area (Å²) in [6.07, 6.45) is 1.46. The van der Waals surface area contributed by atoms with E-state index in [0.717, 1.165) is 5.56 Å². The summed E-state index contributed by atoms with van der Waals surface area (Å²) >= 11 is 0. The summed E-state index contributed by atoms with van der Waals surface area (Å²) in [5, 5.41) is 6.71. The minimum atomic E-state index is -0.512. The summed E-state index contributed by atoms with van der Waals surface area (Å²) in [5.41, 5.74) is 0.844. The fourth-order valence-corrected chi connectivity index (χ4v) is 2.63. The Hall–Kier alpha value is -4.01. The van der Waals surface area contributed by atoms with Crippen molar-refractivity contribution in [1.29, 1.82) is 0 Å². The van der Waals surface area contributed by atoms with Crippen molar-refractivity contribution in [2.75, 3.05) is 5.32 Å². The molecule has 0 unspecified atom stereocenters. The van der Waals surface area contributed by atoms with Gasteiger partial charge in [-0.1, -0.05) is 12.1 Å². The van der Waals surface area contributed by atoms with Crippen molar-refractivity contribution in [3.63, 3.8) is 0 Å². The number of nitrogens with one attached hydrogen (secondary N) is 1. The normalized spacial score (nSPS) is 10.7. The fraction of sp³-hybridized carbons (Fsp3) is 0.0952. The van der Waals surface area contributed by atoms with Crippen LogP contribution in [0.5, 0.6) is 5.75 Å². The number of anilines is 1. The largest absolute Gasteiger partial charge is 0.486 e. The molecule has 7 nitrogen and oxygen atoms in total. The van der Waals surface area contributed by atoms with E-state index in [0.29, 0.717) is 18.1 Å². The number of benzene rings is 2. The first-order chi connectivity index (χ1) is 14.5. The zero-order chi connectivity index (χ0) is 20.9. The van der Waals surface area contributed by atoms with Crippen molar-refractivity contribution in [3.8, 4) is 5.75 Å². The van der Waals surface area contributed by atoms with Gasteiger partial charge in [-0.15, -0.1) is 5.10 Å². The Kier molecular flexibility index (Phi) is 5.51. The van der Waals surface area contributed by atoms with Crippen molar-refractivity contribution >= 4 is 11.9 Å². The first kappa shape index (κ1) is 19.3. The predicted octanol–water partition coefficient (Wildman–Crippen LogP) is 4.03. The molecule has 0 radical (unpaired) electrons. The van der Waals surface area contributed by atoms with Gasteiger partial charge in [0.15, 0.2) is 5.76 Å². The lowest BCUT2D eigenvalue weighted by molar-refractivity contribution is 0.0991. The lowest BCUT2D eigenvalue weighted by Gasteiger charge is -2.03. The second-order valence-corrected chi connectivity index (χ2v) is 6.35. The molecule has 1 N–H and O–H groups in total. The molecule has 4 aromatic rings. The van der Waals surface area contributed by atoms with Crippen LogP contribution in [0.15, 0.2) is 71.4 Å². The standard InChI is InChI=1S/C21H16F2N4O3/c22-15-3-1-14(2-4-15)11-27-13-24-21(26-27)25-20(28)19-10-9-18(30-19)12-29-17-7-5-16(23)6-8-17/h1-10,13H,11-12H2,(H,25,26,28). The van der Waals surface area contributed by atoms with Gasteiger partial charge in [0.1, 0.15) is 36.1 Å². The topological polar surface area (TPSA) is 82.2 Å². The Labute approximate surface area is 169 Å². The van der Waals surface area contributed by atoms with E-state index in [9.17, 15) is 13.6 Å². The van der Waals surface area contributed by atoms with Crippen LogP contribution in [0.3, 0.4) is 0 Å². The van der Waals surface area contributed by atoms with Gasteiger partial charge in [0.2, 0.25) is 5.95 Å². The highest BCUT2D eigenvalue weighted by Gasteiger charge is 2.14. The maximum Gasteiger partial charge on any atom is 0.293 e. The third-order valence-electron chi connectivity index (χ3n) is 4.10. The van der Waals surface area contributed by atoms with E-state index in [1.807, 2.05) is 0 Å². The van der Waals surface area contributed by atoms with Gasteiger partial charge in [-0.2, -0.15) is 0 Å². The number of nitrogens with zero attached hydrogens (tertiary/aromatic N) is 3. The molecule has 1 amide bonds. The number of ether oxygens (including phenoxy) is 1. The number of carbonyl (C=O) groups excluding carboxylic acids is 1. The quantitative estimate of drug-likeness (QED) is 0.498. The van der Waals surface area contributed by atoms with Crippen LogP contribution in [0.2, 0.25) is 0 Å². The fourth-order valence-electron chi connectivity index (χ4n) is 2.63. The summed E-state index contributed by atoms with van der Waals surface area (Å²) in [4.78, 5) is 16.4. The average Bonchev–Trinajstić information content (AvgIpc) is 3.39. The molecule has 0 aliphatic carbocycles. The minimum Gasteiger partial charge on any atom is -0.486 e. The molecule has 4 rings (SSSR count). The predicted molar refractivity (Wildman–Crippen MR) is 103 cm³/mol. The van der Waals surface area contributed by atoms with E-state index < -0.39 is 5.91 Å². The van der Waals surface area contributed by atoms with E-state index in [2.05, 4.69) is 15.4 Å². The number of hydrogen-bond acceptors (Lipinski definition) is 5. The van der Waals surface area contributed by atoms with Crippen molar-refractivity contribution in [2.45, 2.75) is 13.2 Å². The van der Waals surface area contributed by atoms with Gasteiger partial charge >= 0.3 is 0 Å². The molecular formula is C21H16F2N4O3. The number of furan rings is 1. The molecule has 30 heavy (non-hydrogen) atoms. The van der Waals surface area contributed by atoms with Gasteiger partial charge < -0.3 is 9.15 Å². The van der Waals surface area contributed by atoms with Crippen LogP contribution in [0.25, 0.3) is 0 Å². The van der Waals surface area contributed by atoms with Crippen molar-refractivity contribution in [2.24, 2.45) is 0 Å². The van der Waals surface area contributed by atoms with Gasteiger partial charge in [-0.05, 0) is 54.1 Å². The van der Waals surface area contributed by atoms with Crippen LogP contribution in [0.4, 0.5) is 14.7 Å². The number of amides is 1. The van der Waals surface area contributed by atoms with Gasteiger partial charge in [0.25, 0.3) is 5.91 Å². The van der Waals surface area contributed by atoms with Crippen molar-refractivity contribution in [1.82, 2.24) is 14.8 Å². The third-order valence-corrected chi connectivity index (χ3v) is 4.10. The van der Waals surface area contributed by atoms with E-state index in [1.165, 1.54) is 53.5 Å².